The van der Waals surface area contributed by atoms with E-state index in [9.17, 15) is 10.2 Å². The lowest BCUT2D eigenvalue weighted by Gasteiger charge is -2.40. The molecule has 1 aliphatic heterocycles. The number of ether oxygens (including phenoxy) is 2. The molecule has 1 aliphatic rings. The molecule has 1 rings (SSSR count). The largest absolute Gasteiger partial charge is 0.395 e. The average molecular weight is 275 g/mol. The summed E-state index contributed by atoms with van der Waals surface area (Å²) in [5, 5.41) is 22.6. The van der Waals surface area contributed by atoms with Gasteiger partial charge in [-0.05, 0) is 12.8 Å². The van der Waals surface area contributed by atoms with Gasteiger partial charge in [0.25, 0.3) is 0 Å². The second-order valence-corrected chi connectivity index (χ2v) is 5.14. The molecule has 1 saturated heterocycles. The van der Waals surface area contributed by atoms with Crippen molar-refractivity contribution in [2.45, 2.75) is 63.9 Å². The molecule has 0 amide bonds. The minimum atomic E-state index is -0.578. The Hall–Kier alpha value is -0.200. The van der Waals surface area contributed by atoms with Crippen LogP contribution in [-0.4, -0.2) is 60.9 Å². The van der Waals surface area contributed by atoms with E-state index in [1.54, 1.807) is 0 Å². The fraction of sp³-hybridized carbons (Fsp3) is 1.00. The van der Waals surface area contributed by atoms with Gasteiger partial charge in [0, 0.05) is 19.8 Å². The molecule has 114 valence electrons. The number of aliphatic hydroxyl groups is 2. The molecule has 5 heteroatoms. The van der Waals surface area contributed by atoms with Crippen molar-refractivity contribution in [3.05, 3.63) is 0 Å². The third kappa shape index (κ3) is 5.36. The molecule has 0 saturated carbocycles. The van der Waals surface area contributed by atoms with E-state index in [0.29, 0.717) is 19.8 Å². The molecule has 0 radical (unpaired) electrons. The third-order valence-corrected chi connectivity index (χ3v) is 3.50. The van der Waals surface area contributed by atoms with E-state index in [1.807, 2.05) is 0 Å². The van der Waals surface area contributed by atoms with Crippen LogP contribution < -0.4 is 5.32 Å². The van der Waals surface area contributed by atoms with Crippen LogP contribution >= 0.6 is 0 Å². The van der Waals surface area contributed by atoms with E-state index in [2.05, 4.69) is 19.2 Å². The molecular weight excluding hydrogens is 246 g/mol. The van der Waals surface area contributed by atoms with Crippen LogP contribution in [0.5, 0.6) is 0 Å². The maximum Gasteiger partial charge on any atom is 0.112 e. The highest BCUT2D eigenvalue weighted by atomic mass is 16.5. The zero-order valence-electron chi connectivity index (χ0n) is 12.2. The van der Waals surface area contributed by atoms with Gasteiger partial charge in [-0.2, -0.15) is 0 Å². The summed E-state index contributed by atoms with van der Waals surface area (Å²) in [6.45, 7) is 5.92. The molecule has 0 aliphatic carbocycles. The molecule has 0 aromatic carbocycles. The lowest BCUT2D eigenvalue weighted by Crippen LogP contribution is -2.62. The van der Waals surface area contributed by atoms with Crippen molar-refractivity contribution in [2.75, 3.05) is 26.4 Å². The summed E-state index contributed by atoms with van der Waals surface area (Å²) in [6, 6.07) is -0.160. The third-order valence-electron chi connectivity index (χ3n) is 3.50. The van der Waals surface area contributed by atoms with E-state index in [1.165, 1.54) is 0 Å². The minimum absolute atomic E-state index is 0.00283. The lowest BCUT2D eigenvalue weighted by atomic mass is 9.96. The van der Waals surface area contributed by atoms with Crippen molar-refractivity contribution >= 4 is 0 Å². The molecule has 1 heterocycles. The number of aliphatic hydroxyl groups excluding tert-OH is 2. The van der Waals surface area contributed by atoms with Crippen LogP contribution in [0.3, 0.4) is 0 Å². The Morgan fingerprint density at radius 2 is 1.63 bits per heavy atom. The zero-order valence-corrected chi connectivity index (χ0v) is 12.2. The van der Waals surface area contributed by atoms with Gasteiger partial charge in [-0.15, -0.1) is 0 Å². The number of rotatable bonds is 9. The van der Waals surface area contributed by atoms with Gasteiger partial charge >= 0.3 is 0 Å². The standard InChI is InChI=1S/C14H29NO4/c1-3-5-7-18-13-11(10-16)15-9-12(17)14(13)19-8-6-4-2/h11-17H,3-10H2,1-2H3/t11-,12+,13?,14-/m1/s1. The average Bonchev–Trinajstić information content (AvgIpc) is 2.42. The number of hydrogen-bond acceptors (Lipinski definition) is 5. The molecular formula is C14H29NO4. The van der Waals surface area contributed by atoms with Crippen LogP contribution in [0, 0.1) is 0 Å². The summed E-state index contributed by atoms with van der Waals surface area (Å²) in [5.74, 6) is 0. The lowest BCUT2D eigenvalue weighted by molar-refractivity contribution is -0.154. The van der Waals surface area contributed by atoms with E-state index in [-0.39, 0.29) is 24.9 Å². The monoisotopic (exact) mass is 275 g/mol. The van der Waals surface area contributed by atoms with E-state index in [4.69, 9.17) is 9.47 Å². The Morgan fingerprint density at radius 1 is 1.05 bits per heavy atom. The predicted octanol–water partition coefficient (Wildman–Crippen LogP) is 0.682. The zero-order chi connectivity index (χ0) is 14.1. The Balaban J connectivity index is 2.55. The molecule has 0 bridgehead atoms. The molecule has 3 N–H and O–H groups in total. The SMILES string of the molecule is CCCCOC1[C@@H](CO)NC[C@H](O)[C@H]1OCCCC. The molecule has 5 nitrogen and oxygen atoms in total. The summed E-state index contributed by atoms with van der Waals surface area (Å²) in [7, 11) is 0. The van der Waals surface area contributed by atoms with Crippen molar-refractivity contribution in [2.24, 2.45) is 0 Å². The van der Waals surface area contributed by atoms with Gasteiger partial charge in [-0.3, -0.25) is 0 Å². The summed E-state index contributed by atoms with van der Waals surface area (Å²) in [5.41, 5.74) is 0. The van der Waals surface area contributed by atoms with Crippen molar-refractivity contribution < 1.29 is 19.7 Å². The summed E-state index contributed by atoms with van der Waals surface area (Å²) in [4.78, 5) is 0. The molecule has 0 spiro atoms. The van der Waals surface area contributed by atoms with Gasteiger partial charge in [0.2, 0.25) is 0 Å². The van der Waals surface area contributed by atoms with Gasteiger partial charge in [-0.25, -0.2) is 0 Å². The fourth-order valence-corrected chi connectivity index (χ4v) is 2.27. The molecule has 0 aromatic heterocycles. The summed E-state index contributed by atoms with van der Waals surface area (Å²) >= 11 is 0. The van der Waals surface area contributed by atoms with Crippen molar-refractivity contribution in [1.29, 1.82) is 0 Å². The normalized spacial score (nSPS) is 31.6. The molecule has 19 heavy (non-hydrogen) atoms. The first-order valence-electron chi connectivity index (χ1n) is 7.50. The minimum Gasteiger partial charge on any atom is -0.395 e. The highest BCUT2D eigenvalue weighted by Gasteiger charge is 2.39. The molecule has 1 unspecified atom stereocenters. The highest BCUT2D eigenvalue weighted by molar-refractivity contribution is 4.94. The fourth-order valence-electron chi connectivity index (χ4n) is 2.27. The van der Waals surface area contributed by atoms with Gasteiger partial charge in [0.15, 0.2) is 0 Å². The maximum atomic E-state index is 10.1. The summed E-state index contributed by atoms with van der Waals surface area (Å²) in [6.07, 6.45) is 2.87. The second-order valence-electron chi connectivity index (χ2n) is 5.14. The van der Waals surface area contributed by atoms with Crippen LogP contribution in [0.1, 0.15) is 39.5 Å². The second kappa shape index (κ2) is 9.66. The first-order chi connectivity index (χ1) is 9.24. The topological polar surface area (TPSA) is 71.0 Å². The number of β-amino-alcohol motifs (C(OH)–C–C–N with tert-alkyl or cyclic N) is 1. The number of hydrogen-bond donors (Lipinski definition) is 3. The van der Waals surface area contributed by atoms with Crippen LogP contribution in [0.2, 0.25) is 0 Å². The van der Waals surface area contributed by atoms with E-state index in [0.717, 1.165) is 25.7 Å². The Morgan fingerprint density at radius 3 is 2.16 bits per heavy atom. The van der Waals surface area contributed by atoms with Crippen LogP contribution in [0.25, 0.3) is 0 Å². The Kier molecular flexibility index (Phi) is 8.57. The van der Waals surface area contributed by atoms with Gasteiger partial charge < -0.3 is 25.0 Å². The van der Waals surface area contributed by atoms with Crippen molar-refractivity contribution in [3.8, 4) is 0 Å². The highest BCUT2D eigenvalue weighted by Crippen LogP contribution is 2.18. The van der Waals surface area contributed by atoms with Crippen molar-refractivity contribution in [3.63, 3.8) is 0 Å². The molecule has 0 aromatic rings. The Labute approximate surface area is 116 Å². The van der Waals surface area contributed by atoms with Crippen LogP contribution in [0.4, 0.5) is 0 Å². The Bertz CT molecular complexity index is 227. The number of nitrogens with one attached hydrogen (secondary N) is 1. The van der Waals surface area contributed by atoms with Crippen LogP contribution in [-0.2, 0) is 9.47 Å². The smallest absolute Gasteiger partial charge is 0.112 e. The van der Waals surface area contributed by atoms with Crippen molar-refractivity contribution in [1.82, 2.24) is 5.32 Å². The molecule has 1 fully saturated rings. The number of piperidine rings is 1. The van der Waals surface area contributed by atoms with E-state index >= 15 is 0 Å². The van der Waals surface area contributed by atoms with Gasteiger partial charge in [0.1, 0.15) is 12.2 Å². The van der Waals surface area contributed by atoms with Gasteiger partial charge in [-0.1, -0.05) is 26.7 Å². The van der Waals surface area contributed by atoms with Crippen LogP contribution in [0.15, 0.2) is 0 Å². The maximum absolute atomic E-state index is 10.1. The van der Waals surface area contributed by atoms with E-state index < -0.39 is 6.10 Å². The first kappa shape index (κ1) is 16.9. The first-order valence-corrected chi connectivity index (χ1v) is 7.50. The quantitative estimate of drug-likeness (QED) is 0.540. The van der Waals surface area contributed by atoms with Gasteiger partial charge in [0.05, 0.1) is 18.8 Å². The summed E-state index contributed by atoms with van der Waals surface area (Å²) < 4.78 is 11.6. The predicted molar refractivity (Wildman–Crippen MR) is 74.2 cm³/mol. The number of unbranched alkanes of at least 4 members (excludes halogenated alkanes) is 2. The molecule has 4 atom stereocenters.